The van der Waals surface area contributed by atoms with Gasteiger partial charge in [-0.25, -0.2) is 4.79 Å². The lowest BCUT2D eigenvalue weighted by atomic mass is 10.2. The van der Waals surface area contributed by atoms with E-state index in [-0.39, 0.29) is 5.37 Å². The van der Waals surface area contributed by atoms with E-state index < -0.39 is 16.3 Å². The topological polar surface area (TPSA) is 71.4 Å². The van der Waals surface area contributed by atoms with Gasteiger partial charge in [0.15, 0.2) is 0 Å². The van der Waals surface area contributed by atoms with Gasteiger partial charge in [0.05, 0.1) is 0 Å². The molecule has 0 heterocycles. The average Bonchev–Trinajstić information content (AvgIpc) is 2.18. The van der Waals surface area contributed by atoms with Crippen molar-refractivity contribution in [3.05, 3.63) is 35.9 Å². The van der Waals surface area contributed by atoms with Crippen LogP contribution in [0.5, 0.6) is 0 Å². The third-order valence-corrected chi connectivity index (χ3v) is 1.84. The van der Waals surface area contributed by atoms with Crippen molar-refractivity contribution in [2.24, 2.45) is 0 Å². The highest BCUT2D eigenvalue weighted by Crippen LogP contribution is 1.96. The summed E-state index contributed by atoms with van der Waals surface area (Å²) in [6.45, 7) is 2.16. The molecule has 0 aromatic heterocycles. The fourth-order valence-electron chi connectivity index (χ4n) is 0.796. The SMILES string of the molecule is CCc1ccccc1.O=C(O)C=S(=O)=O. The van der Waals surface area contributed by atoms with E-state index in [1.54, 1.807) is 0 Å². The summed E-state index contributed by atoms with van der Waals surface area (Å²) in [4.78, 5) is 9.36. The lowest BCUT2D eigenvalue weighted by Gasteiger charge is -1.89. The Kier molecular flexibility index (Phi) is 6.92. The van der Waals surface area contributed by atoms with Gasteiger partial charge in [0.1, 0.15) is 5.37 Å². The van der Waals surface area contributed by atoms with Gasteiger partial charge in [-0.3, -0.25) is 0 Å². The van der Waals surface area contributed by atoms with Crippen LogP contribution in [0.4, 0.5) is 0 Å². The van der Waals surface area contributed by atoms with Gasteiger partial charge in [-0.15, -0.1) is 0 Å². The van der Waals surface area contributed by atoms with Gasteiger partial charge in [-0.2, -0.15) is 8.42 Å². The first-order chi connectivity index (χ1) is 7.06. The first-order valence-corrected chi connectivity index (χ1v) is 5.39. The van der Waals surface area contributed by atoms with Gasteiger partial charge in [0, 0.05) is 0 Å². The van der Waals surface area contributed by atoms with Crippen molar-refractivity contribution in [1.82, 2.24) is 0 Å². The third kappa shape index (κ3) is 8.70. The van der Waals surface area contributed by atoms with Gasteiger partial charge in [0.2, 0.25) is 10.3 Å². The van der Waals surface area contributed by atoms with Crippen LogP contribution in [0.25, 0.3) is 0 Å². The molecule has 0 aliphatic heterocycles. The van der Waals surface area contributed by atoms with Gasteiger partial charge < -0.3 is 5.11 Å². The molecule has 0 amide bonds. The van der Waals surface area contributed by atoms with Crippen LogP contribution in [-0.4, -0.2) is 24.9 Å². The van der Waals surface area contributed by atoms with Crippen LogP contribution in [0.2, 0.25) is 0 Å². The van der Waals surface area contributed by atoms with Crippen LogP contribution in [0, 0.1) is 0 Å². The highest BCUT2D eigenvalue weighted by atomic mass is 32.2. The van der Waals surface area contributed by atoms with Gasteiger partial charge in [0.25, 0.3) is 0 Å². The number of hydrogen-bond donors (Lipinski definition) is 1. The molecular formula is C10H12O4S. The van der Waals surface area contributed by atoms with Gasteiger partial charge in [-0.05, 0) is 12.0 Å². The molecule has 0 unspecified atom stereocenters. The molecule has 0 radical (unpaired) electrons. The molecule has 1 aromatic carbocycles. The standard InChI is InChI=1S/C8H10.C2H2O4S/c1-2-8-6-4-3-5-7-8;3-2(4)1-7(5)6/h3-7H,2H2,1H3;1H,(H,3,4). The zero-order valence-electron chi connectivity index (χ0n) is 8.25. The number of aryl methyl sites for hydroxylation is 1. The van der Waals surface area contributed by atoms with Crippen LogP contribution in [0.1, 0.15) is 12.5 Å². The predicted octanol–water partition coefficient (Wildman–Crippen LogP) is 1.00. The molecule has 1 aromatic rings. The van der Waals surface area contributed by atoms with E-state index in [0.717, 1.165) is 6.42 Å². The molecular weight excluding hydrogens is 216 g/mol. The van der Waals surface area contributed by atoms with Crippen LogP contribution in [-0.2, 0) is 21.5 Å². The Labute approximate surface area is 89.7 Å². The molecule has 1 N–H and O–H groups in total. The van der Waals surface area contributed by atoms with E-state index in [1.165, 1.54) is 5.56 Å². The monoisotopic (exact) mass is 228 g/mol. The largest absolute Gasteiger partial charge is 0.477 e. The molecule has 0 bridgehead atoms. The number of aliphatic carboxylic acids is 1. The maximum Gasteiger partial charge on any atom is 0.343 e. The lowest BCUT2D eigenvalue weighted by molar-refractivity contribution is -0.128. The molecule has 0 fully saturated rings. The molecule has 4 nitrogen and oxygen atoms in total. The minimum atomic E-state index is -2.57. The Balaban J connectivity index is 0.000000265. The summed E-state index contributed by atoms with van der Waals surface area (Å²) < 4.78 is 18.7. The second-order valence-corrected chi connectivity index (χ2v) is 3.31. The minimum absolute atomic E-state index is 0.167. The Morgan fingerprint density at radius 2 is 1.87 bits per heavy atom. The van der Waals surface area contributed by atoms with Crippen molar-refractivity contribution >= 4 is 21.6 Å². The normalized spacial score (nSPS) is 8.33. The lowest BCUT2D eigenvalue weighted by Crippen LogP contribution is -1.94. The predicted molar refractivity (Wildman–Crippen MR) is 58.4 cm³/mol. The fraction of sp³-hybridized carbons (Fsp3) is 0.200. The first-order valence-electron chi connectivity index (χ1n) is 4.26. The van der Waals surface area contributed by atoms with E-state index >= 15 is 0 Å². The summed E-state index contributed by atoms with van der Waals surface area (Å²) in [5.41, 5.74) is 1.41. The third-order valence-electron chi connectivity index (χ3n) is 1.45. The second kappa shape index (κ2) is 7.75. The number of rotatable bonds is 2. The highest BCUT2D eigenvalue weighted by molar-refractivity contribution is 7.73. The zero-order chi connectivity index (χ0) is 11.7. The molecule has 0 aliphatic carbocycles. The van der Waals surface area contributed by atoms with Crippen molar-refractivity contribution in [3.8, 4) is 0 Å². The highest BCUT2D eigenvalue weighted by Gasteiger charge is 1.83. The number of carboxylic acids is 1. The van der Waals surface area contributed by atoms with E-state index in [9.17, 15) is 13.2 Å². The smallest absolute Gasteiger partial charge is 0.343 e. The molecule has 82 valence electrons. The maximum atomic E-state index is 9.37. The quantitative estimate of drug-likeness (QED) is 0.766. The second-order valence-electron chi connectivity index (χ2n) is 2.56. The molecule has 1 rings (SSSR count). The Morgan fingerprint density at radius 3 is 2.07 bits per heavy atom. The molecule has 0 atom stereocenters. The zero-order valence-corrected chi connectivity index (χ0v) is 9.07. The molecule has 0 spiro atoms. The summed E-state index contributed by atoms with van der Waals surface area (Å²) in [5.74, 6) is -1.45. The van der Waals surface area contributed by atoms with E-state index in [1.807, 2.05) is 6.07 Å². The molecule has 0 aliphatic rings. The summed E-state index contributed by atoms with van der Waals surface area (Å²) in [6, 6.07) is 10.5. The Bertz CT molecular complexity index is 412. The van der Waals surface area contributed by atoms with Gasteiger partial charge in [-0.1, -0.05) is 37.3 Å². The molecule has 5 heteroatoms. The number of carboxylic acid groups (broad SMARTS) is 1. The minimum Gasteiger partial charge on any atom is -0.477 e. The number of benzene rings is 1. The van der Waals surface area contributed by atoms with Crippen LogP contribution in [0.3, 0.4) is 0 Å². The van der Waals surface area contributed by atoms with E-state index in [0.29, 0.717) is 0 Å². The van der Waals surface area contributed by atoms with Crippen molar-refractivity contribution in [3.63, 3.8) is 0 Å². The fourth-order valence-corrected chi connectivity index (χ4v) is 0.961. The van der Waals surface area contributed by atoms with Gasteiger partial charge >= 0.3 is 5.97 Å². The number of carbonyl (C=O) groups is 1. The first kappa shape index (κ1) is 13.4. The van der Waals surface area contributed by atoms with Crippen molar-refractivity contribution in [2.45, 2.75) is 13.3 Å². The summed E-state index contributed by atoms with van der Waals surface area (Å²) in [7, 11) is -2.57. The van der Waals surface area contributed by atoms with Crippen LogP contribution in [0.15, 0.2) is 30.3 Å². The van der Waals surface area contributed by atoms with Crippen LogP contribution < -0.4 is 0 Å². The molecule has 0 saturated carbocycles. The molecule has 15 heavy (non-hydrogen) atoms. The Hall–Kier alpha value is -1.62. The van der Waals surface area contributed by atoms with E-state index in [2.05, 4.69) is 31.2 Å². The summed E-state index contributed by atoms with van der Waals surface area (Å²) >= 11 is 0. The summed E-state index contributed by atoms with van der Waals surface area (Å²) in [5, 5.41) is 7.80. The van der Waals surface area contributed by atoms with Crippen molar-refractivity contribution < 1.29 is 18.3 Å². The molecule has 0 saturated heterocycles. The maximum absolute atomic E-state index is 9.37. The Morgan fingerprint density at radius 1 is 1.33 bits per heavy atom. The van der Waals surface area contributed by atoms with E-state index in [4.69, 9.17) is 5.11 Å². The summed E-state index contributed by atoms with van der Waals surface area (Å²) in [6.07, 6.45) is 1.14. The average molecular weight is 228 g/mol. The van der Waals surface area contributed by atoms with Crippen molar-refractivity contribution in [1.29, 1.82) is 0 Å². The van der Waals surface area contributed by atoms with Crippen LogP contribution >= 0.6 is 0 Å². The van der Waals surface area contributed by atoms with Crippen molar-refractivity contribution in [2.75, 3.05) is 0 Å². The number of hydrogen-bond acceptors (Lipinski definition) is 3.